The van der Waals surface area contributed by atoms with Crippen LogP contribution in [0.1, 0.15) is 67.5 Å². The fourth-order valence-corrected chi connectivity index (χ4v) is 4.54. The van der Waals surface area contributed by atoms with E-state index in [4.69, 9.17) is 4.74 Å². The largest absolute Gasteiger partial charge is 0.497 e. The maximum Gasteiger partial charge on any atom is 0.446 e. The van der Waals surface area contributed by atoms with E-state index in [-0.39, 0.29) is 46.4 Å². The second-order valence-corrected chi connectivity index (χ2v) is 10.6. The predicted octanol–water partition coefficient (Wildman–Crippen LogP) is 6.73. The summed E-state index contributed by atoms with van der Waals surface area (Å²) in [5.74, 6) is 0.539. The first-order valence-electron chi connectivity index (χ1n) is 11.5. The molecule has 3 rings (SSSR count). The number of ketones is 1. The summed E-state index contributed by atoms with van der Waals surface area (Å²) in [6, 6.07) is 14.6. The fraction of sp³-hybridized carbons (Fsp3) is 0.370. The van der Waals surface area contributed by atoms with Crippen molar-refractivity contribution in [1.82, 2.24) is 9.97 Å². The Kier molecular flexibility index (Phi) is 8.33. The monoisotopic (exact) mass is 518 g/mol. The number of carbonyl (C=O) groups is 1. The van der Waals surface area contributed by atoms with Crippen molar-refractivity contribution in [3.63, 3.8) is 0 Å². The van der Waals surface area contributed by atoms with Gasteiger partial charge in [-0.3, -0.25) is 9.59 Å². The first-order chi connectivity index (χ1) is 16.8. The van der Waals surface area contributed by atoms with Crippen molar-refractivity contribution in [1.29, 1.82) is 0 Å². The molecule has 5 nitrogen and oxygen atoms in total. The Balaban J connectivity index is 1.86. The normalized spacial score (nSPS) is 13.0. The molecular weight excluding hydrogens is 489 g/mol. The highest BCUT2D eigenvalue weighted by Crippen LogP contribution is 2.38. The number of rotatable bonds is 9. The zero-order valence-electron chi connectivity index (χ0n) is 20.8. The predicted molar refractivity (Wildman–Crippen MR) is 135 cm³/mol. The standard InChI is InChI=1S/C27H29F3N2O3S/c1-16(2)21(17-6-12-20(13-7-17)36-27(28,29)30)14-23(33)22-15-24(34)32-25(31-22)26(3,4)18-8-10-19(35-5)11-9-18/h6-13,15-16,21H,14H2,1-5H3,(H,31,32,34)/t21-/m1/s1. The minimum absolute atomic E-state index is 0.0345. The average molecular weight is 519 g/mol. The molecule has 9 heteroatoms. The van der Waals surface area contributed by atoms with Crippen molar-refractivity contribution in [3.8, 4) is 5.75 Å². The minimum atomic E-state index is -4.36. The van der Waals surface area contributed by atoms with Gasteiger partial charge in [-0.2, -0.15) is 13.2 Å². The molecule has 1 atom stereocenters. The third-order valence-electron chi connectivity index (χ3n) is 6.18. The third kappa shape index (κ3) is 6.78. The molecule has 1 heterocycles. The molecule has 192 valence electrons. The van der Waals surface area contributed by atoms with Crippen LogP contribution in [0.2, 0.25) is 0 Å². The number of H-pyrrole nitrogens is 1. The summed E-state index contributed by atoms with van der Waals surface area (Å²) in [4.78, 5) is 33.1. The number of methoxy groups -OCH3 is 1. The van der Waals surface area contributed by atoms with Gasteiger partial charge in [-0.1, -0.05) is 38.1 Å². The average Bonchev–Trinajstić information content (AvgIpc) is 2.81. The number of benzene rings is 2. The second-order valence-electron chi connectivity index (χ2n) is 9.43. The zero-order valence-corrected chi connectivity index (χ0v) is 21.6. The summed E-state index contributed by atoms with van der Waals surface area (Å²) in [6.07, 6.45) is 0.0717. The lowest BCUT2D eigenvalue weighted by Gasteiger charge is -2.25. The highest BCUT2D eigenvalue weighted by atomic mass is 32.2. The van der Waals surface area contributed by atoms with Gasteiger partial charge in [-0.15, -0.1) is 0 Å². The number of nitrogens with zero attached hydrogens (tertiary/aromatic N) is 1. The van der Waals surface area contributed by atoms with Gasteiger partial charge in [0.25, 0.3) is 5.56 Å². The van der Waals surface area contributed by atoms with E-state index in [0.29, 0.717) is 11.6 Å². The van der Waals surface area contributed by atoms with Gasteiger partial charge in [0, 0.05) is 22.8 Å². The third-order valence-corrected chi connectivity index (χ3v) is 6.92. The van der Waals surface area contributed by atoms with Crippen molar-refractivity contribution in [2.75, 3.05) is 7.11 Å². The Labute approximate surface area is 212 Å². The molecule has 2 aromatic carbocycles. The van der Waals surface area contributed by atoms with Gasteiger partial charge in [-0.05, 0) is 72.8 Å². The van der Waals surface area contributed by atoms with Gasteiger partial charge in [0.15, 0.2) is 5.78 Å². The number of hydrogen-bond donors (Lipinski definition) is 1. The SMILES string of the molecule is COc1ccc(C(C)(C)c2nc(C(=O)C[C@@H](c3ccc(SC(F)(F)F)cc3)C(C)C)cc(=O)[nH]2)cc1. The van der Waals surface area contributed by atoms with Crippen LogP contribution in [0.3, 0.4) is 0 Å². The molecule has 0 fully saturated rings. The Morgan fingerprint density at radius 3 is 2.19 bits per heavy atom. The number of hydrogen-bond acceptors (Lipinski definition) is 5. The van der Waals surface area contributed by atoms with Crippen LogP contribution in [0.4, 0.5) is 13.2 Å². The fourth-order valence-electron chi connectivity index (χ4n) is 4.00. The quantitative estimate of drug-likeness (QED) is 0.251. The first kappa shape index (κ1) is 27.5. The van der Waals surface area contributed by atoms with Crippen LogP contribution in [-0.2, 0) is 5.41 Å². The number of ether oxygens (including phenoxy) is 1. The molecule has 0 aliphatic rings. The highest BCUT2D eigenvalue weighted by Gasteiger charge is 2.30. The zero-order chi connectivity index (χ0) is 26.7. The molecule has 0 bridgehead atoms. The Morgan fingerprint density at radius 1 is 1.06 bits per heavy atom. The smallest absolute Gasteiger partial charge is 0.446 e. The highest BCUT2D eigenvalue weighted by molar-refractivity contribution is 8.00. The van der Waals surface area contributed by atoms with Gasteiger partial charge in [0.2, 0.25) is 0 Å². The number of nitrogens with one attached hydrogen (secondary N) is 1. The summed E-state index contributed by atoms with van der Waals surface area (Å²) >= 11 is -0.176. The molecular formula is C27H29F3N2O3S. The topological polar surface area (TPSA) is 72.0 Å². The lowest BCUT2D eigenvalue weighted by atomic mass is 9.83. The number of aromatic nitrogens is 2. The maximum atomic E-state index is 13.3. The molecule has 3 aromatic rings. The van der Waals surface area contributed by atoms with Gasteiger partial charge in [0.1, 0.15) is 17.3 Å². The van der Waals surface area contributed by atoms with Crippen molar-refractivity contribution in [3.05, 3.63) is 87.6 Å². The molecule has 0 amide bonds. The van der Waals surface area contributed by atoms with E-state index in [0.717, 1.165) is 11.1 Å². The Hall–Kier alpha value is -3.07. The number of carbonyl (C=O) groups excluding carboxylic acids is 1. The van der Waals surface area contributed by atoms with E-state index in [1.165, 1.54) is 18.2 Å². The Bertz CT molecular complexity index is 1250. The molecule has 0 unspecified atom stereocenters. The van der Waals surface area contributed by atoms with Crippen LogP contribution in [-0.4, -0.2) is 28.4 Å². The van der Waals surface area contributed by atoms with Crippen LogP contribution < -0.4 is 10.3 Å². The van der Waals surface area contributed by atoms with Crippen LogP contribution in [0, 0.1) is 5.92 Å². The van der Waals surface area contributed by atoms with E-state index in [2.05, 4.69) is 9.97 Å². The van der Waals surface area contributed by atoms with Gasteiger partial charge < -0.3 is 9.72 Å². The van der Waals surface area contributed by atoms with Crippen LogP contribution in [0.15, 0.2) is 64.3 Å². The second kappa shape index (κ2) is 10.9. The molecule has 1 aromatic heterocycles. The van der Waals surface area contributed by atoms with Crippen molar-refractivity contribution >= 4 is 17.5 Å². The summed E-state index contributed by atoms with van der Waals surface area (Å²) in [6.45, 7) is 7.69. The van der Waals surface area contributed by atoms with Crippen molar-refractivity contribution in [2.45, 2.75) is 55.9 Å². The van der Waals surface area contributed by atoms with Crippen LogP contribution >= 0.6 is 11.8 Å². The molecule has 0 saturated carbocycles. The summed E-state index contributed by atoms with van der Waals surface area (Å²) in [5, 5.41) is 0. The van der Waals surface area contributed by atoms with Gasteiger partial charge in [0.05, 0.1) is 7.11 Å². The van der Waals surface area contributed by atoms with Crippen LogP contribution in [0.25, 0.3) is 0 Å². The summed E-state index contributed by atoms with van der Waals surface area (Å²) in [7, 11) is 1.58. The van der Waals surface area contributed by atoms with Gasteiger partial charge >= 0.3 is 5.51 Å². The van der Waals surface area contributed by atoms with E-state index >= 15 is 0 Å². The van der Waals surface area contributed by atoms with Crippen molar-refractivity contribution < 1.29 is 22.7 Å². The van der Waals surface area contributed by atoms with E-state index in [1.807, 2.05) is 52.0 Å². The number of halogens is 3. The summed E-state index contributed by atoms with van der Waals surface area (Å²) < 4.78 is 43.2. The minimum Gasteiger partial charge on any atom is -0.497 e. The van der Waals surface area contributed by atoms with E-state index in [1.54, 1.807) is 19.2 Å². The van der Waals surface area contributed by atoms with E-state index < -0.39 is 16.5 Å². The number of alkyl halides is 3. The number of Topliss-reactive ketones (excluding diaryl/α,β-unsaturated/α-hetero) is 1. The molecule has 0 saturated heterocycles. The van der Waals surface area contributed by atoms with Crippen LogP contribution in [0.5, 0.6) is 5.75 Å². The maximum absolute atomic E-state index is 13.3. The lowest BCUT2D eigenvalue weighted by Crippen LogP contribution is -2.28. The van der Waals surface area contributed by atoms with Crippen molar-refractivity contribution in [2.24, 2.45) is 5.92 Å². The molecule has 0 radical (unpaired) electrons. The van der Waals surface area contributed by atoms with E-state index in [9.17, 15) is 22.8 Å². The summed E-state index contributed by atoms with van der Waals surface area (Å²) in [5.41, 5.74) is -3.78. The first-order valence-corrected chi connectivity index (χ1v) is 12.3. The molecule has 36 heavy (non-hydrogen) atoms. The molecule has 0 spiro atoms. The van der Waals surface area contributed by atoms with Gasteiger partial charge in [-0.25, -0.2) is 4.98 Å². The Morgan fingerprint density at radius 2 is 1.67 bits per heavy atom. The molecule has 0 aliphatic carbocycles. The number of thioether (sulfide) groups is 1. The number of aromatic amines is 1. The molecule has 1 N–H and O–H groups in total. The lowest BCUT2D eigenvalue weighted by molar-refractivity contribution is -0.0328. The molecule has 0 aliphatic heterocycles.